The first-order valence-corrected chi connectivity index (χ1v) is 5.73. The van der Waals surface area contributed by atoms with Gasteiger partial charge in [0, 0.05) is 0 Å². The quantitative estimate of drug-likeness (QED) is 0.616. The third kappa shape index (κ3) is 2.03. The molecule has 2 rings (SSSR count). The average molecular weight is 250 g/mol. The minimum absolute atomic E-state index is 0.285. The SMILES string of the molecule is Cc1cc(C(=O)C(=O)c2snnc2C)c(C)o1. The normalized spacial score (nSPS) is 10.5. The van der Waals surface area contributed by atoms with Crippen LogP contribution in [0.1, 0.15) is 37.2 Å². The number of furan rings is 1. The molecule has 0 aliphatic rings. The average Bonchev–Trinajstić information content (AvgIpc) is 2.82. The van der Waals surface area contributed by atoms with Crippen LogP contribution in [0.2, 0.25) is 0 Å². The van der Waals surface area contributed by atoms with Gasteiger partial charge in [-0.15, -0.1) is 5.10 Å². The van der Waals surface area contributed by atoms with Crippen LogP contribution in [0.25, 0.3) is 0 Å². The van der Waals surface area contributed by atoms with Crippen molar-refractivity contribution in [1.82, 2.24) is 9.59 Å². The Hall–Kier alpha value is -1.82. The summed E-state index contributed by atoms with van der Waals surface area (Å²) < 4.78 is 8.87. The minimum atomic E-state index is -0.582. The summed E-state index contributed by atoms with van der Waals surface area (Å²) in [7, 11) is 0. The lowest BCUT2D eigenvalue weighted by Crippen LogP contribution is -2.14. The summed E-state index contributed by atoms with van der Waals surface area (Å²) in [5, 5.41) is 3.71. The van der Waals surface area contributed by atoms with Crippen molar-refractivity contribution >= 4 is 23.1 Å². The fraction of sp³-hybridized carbons (Fsp3) is 0.273. The van der Waals surface area contributed by atoms with E-state index in [0.29, 0.717) is 22.8 Å². The highest BCUT2D eigenvalue weighted by molar-refractivity contribution is 7.09. The summed E-state index contributed by atoms with van der Waals surface area (Å²) in [6.45, 7) is 5.04. The molecule has 17 heavy (non-hydrogen) atoms. The van der Waals surface area contributed by atoms with Gasteiger partial charge in [-0.2, -0.15) is 0 Å². The Bertz CT molecular complexity index is 598. The summed E-state index contributed by atoms with van der Waals surface area (Å²) in [4.78, 5) is 24.2. The summed E-state index contributed by atoms with van der Waals surface area (Å²) in [6, 6.07) is 1.57. The molecule has 0 atom stereocenters. The van der Waals surface area contributed by atoms with Gasteiger partial charge >= 0.3 is 0 Å². The fourth-order valence-electron chi connectivity index (χ4n) is 1.52. The van der Waals surface area contributed by atoms with Crippen molar-refractivity contribution in [2.75, 3.05) is 0 Å². The van der Waals surface area contributed by atoms with Crippen molar-refractivity contribution in [2.24, 2.45) is 0 Å². The number of Topliss-reactive ketones (excluding diaryl/α,β-unsaturated/α-hetero) is 2. The molecule has 0 saturated heterocycles. The van der Waals surface area contributed by atoms with E-state index in [9.17, 15) is 9.59 Å². The summed E-state index contributed by atoms with van der Waals surface area (Å²) in [5.74, 6) is -0.0938. The van der Waals surface area contributed by atoms with Gasteiger partial charge < -0.3 is 4.42 Å². The second kappa shape index (κ2) is 4.21. The van der Waals surface area contributed by atoms with Crippen molar-refractivity contribution in [3.05, 3.63) is 33.7 Å². The van der Waals surface area contributed by atoms with Crippen LogP contribution in [-0.4, -0.2) is 21.2 Å². The van der Waals surface area contributed by atoms with Gasteiger partial charge in [0.25, 0.3) is 0 Å². The highest BCUT2D eigenvalue weighted by Crippen LogP contribution is 2.18. The van der Waals surface area contributed by atoms with Crippen LogP contribution in [-0.2, 0) is 0 Å². The summed E-state index contributed by atoms with van der Waals surface area (Å²) in [6.07, 6.45) is 0. The highest BCUT2D eigenvalue weighted by Gasteiger charge is 2.25. The van der Waals surface area contributed by atoms with Crippen LogP contribution in [0.15, 0.2) is 10.5 Å². The molecule has 0 fully saturated rings. The van der Waals surface area contributed by atoms with E-state index >= 15 is 0 Å². The van der Waals surface area contributed by atoms with Gasteiger partial charge in [0.15, 0.2) is 0 Å². The molecule has 0 saturated carbocycles. The van der Waals surface area contributed by atoms with Crippen LogP contribution in [0, 0.1) is 20.8 Å². The molecule has 0 aromatic carbocycles. The molecular weight excluding hydrogens is 240 g/mol. The van der Waals surface area contributed by atoms with Crippen molar-refractivity contribution < 1.29 is 14.0 Å². The standard InChI is InChI=1S/C11H10N2O3S/c1-5-4-8(7(3)16-5)9(14)10(15)11-6(2)12-13-17-11/h4H,1-3H3. The molecule has 0 amide bonds. The van der Waals surface area contributed by atoms with E-state index in [4.69, 9.17) is 4.42 Å². The Morgan fingerprint density at radius 2 is 1.94 bits per heavy atom. The van der Waals surface area contributed by atoms with Gasteiger partial charge in [-0.1, -0.05) is 4.49 Å². The first kappa shape index (κ1) is 11.7. The molecule has 0 N–H and O–H groups in total. The van der Waals surface area contributed by atoms with E-state index in [1.807, 2.05) is 0 Å². The number of aromatic nitrogens is 2. The maximum atomic E-state index is 12.0. The lowest BCUT2D eigenvalue weighted by atomic mass is 10.1. The van der Waals surface area contributed by atoms with Gasteiger partial charge in [0.05, 0.1) is 11.3 Å². The van der Waals surface area contributed by atoms with Crippen LogP contribution >= 0.6 is 11.5 Å². The van der Waals surface area contributed by atoms with Gasteiger partial charge in [-0.3, -0.25) is 9.59 Å². The van der Waals surface area contributed by atoms with E-state index in [0.717, 1.165) is 11.5 Å². The molecule has 0 spiro atoms. The number of aryl methyl sites for hydroxylation is 3. The Balaban J connectivity index is 2.36. The number of nitrogens with zero attached hydrogens (tertiary/aromatic N) is 2. The molecule has 2 aromatic heterocycles. The van der Waals surface area contributed by atoms with E-state index in [1.165, 1.54) is 0 Å². The Morgan fingerprint density at radius 3 is 2.41 bits per heavy atom. The molecule has 0 aliphatic carbocycles. The number of carbonyl (C=O) groups excluding carboxylic acids is 2. The zero-order chi connectivity index (χ0) is 12.6. The number of rotatable bonds is 3. The Morgan fingerprint density at radius 1 is 1.24 bits per heavy atom. The van der Waals surface area contributed by atoms with E-state index in [-0.39, 0.29) is 4.88 Å². The van der Waals surface area contributed by atoms with Crippen LogP contribution in [0.5, 0.6) is 0 Å². The van der Waals surface area contributed by atoms with Crippen molar-refractivity contribution in [3.8, 4) is 0 Å². The summed E-state index contributed by atoms with van der Waals surface area (Å²) in [5.41, 5.74) is 0.784. The van der Waals surface area contributed by atoms with Gasteiger partial charge in [0.2, 0.25) is 11.6 Å². The largest absolute Gasteiger partial charge is 0.466 e. The maximum absolute atomic E-state index is 12.0. The number of carbonyl (C=O) groups is 2. The number of hydrogen-bond acceptors (Lipinski definition) is 6. The zero-order valence-corrected chi connectivity index (χ0v) is 10.4. The van der Waals surface area contributed by atoms with Gasteiger partial charge in [0.1, 0.15) is 16.4 Å². The third-order valence-corrected chi connectivity index (χ3v) is 3.18. The zero-order valence-electron chi connectivity index (χ0n) is 9.60. The Kier molecular flexibility index (Phi) is 2.89. The first-order chi connectivity index (χ1) is 8.00. The van der Waals surface area contributed by atoms with Gasteiger partial charge in [-0.25, -0.2) is 0 Å². The van der Waals surface area contributed by atoms with Crippen molar-refractivity contribution in [1.29, 1.82) is 0 Å². The van der Waals surface area contributed by atoms with Crippen LogP contribution in [0.3, 0.4) is 0 Å². The van der Waals surface area contributed by atoms with E-state index in [2.05, 4.69) is 9.59 Å². The molecule has 6 heteroatoms. The molecule has 0 aliphatic heterocycles. The van der Waals surface area contributed by atoms with E-state index < -0.39 is 11.6 Å². The van der Waals surface area contributed by atoms with Crippen LogP contribution in [0.4, 0.5) is 0 Å². The molecule has 88 valence electrons. The monoisotopic (exact) mass is 250 g/mol. The van der Waals surface area contributed by atoms with E-state index in [1.54, 1.807) is 26.8 Å². The third-order valence-electron chi connectivity index (χ3n) is 2.35. The molecule has 2 heterocycles. The molecule has 0 unspecified atom stereocenters. The summed E-state index contributed by atoms with van der Waals surface area (Å²) >= 11 is 0.931. The minimum Gasteiger partial charge on any atom is -0.466 e. The smallest absolute Gasteiger partial charge is 0.247 e. The lowest BCUT2D eigenvalue weighted by molar-refractivity contribution is 0.0817. The Labute approximate surface area is 102 Å². The topological polar surface area (TPSA) is 73.1 Å². The van der Waals surface area contributed by atoms with Crippen molar-refractivity contribution in [3.63, 3.8) is 0 Å². The molecular formula is C11H10N2O3S. The number of hydrogen-bond donors (Lipinski definition) is 0. The lowest BCUT2D eigenvalue weighted by Gasteiger charge is -1.95. The predicted octanol–water partition coefficient (Wildman–Crippen LogP) is 2.12. The van der Waals surface area contributed by atoms with Gasteiger partial charge in [-0.05, 0) is 38.4 Å². The molecule has 5 nitrogen and oxygen atoms in total. The highest BCUT2D eigenvalue weighted by atomic mass is 32.1. The second-order valence-corrected chi connectivity index (χ2v) is 4.43. The van der Waals surface area contributed by atoms with Crippen molar-refractivity contribution in [2.45, 2.75) is 20.8 Å². The molecule has 0 radical (unpaired) electrons. The fourth-order valence-corrected chi connectivity index (χ4v) is 2.11. The second-order valence-electron chi connectivity index (χ2n) is 3.67. The first-order valence-electron chi connectivity index (χ1n) is 4.95. The molecule has 2 aromatic rings. The predicted molar refractivity (Wildman–Crippen MR) is 61.5 cm³/mol. The molecule has 0 bridgehead atoms. The maximum Gasteiger partial charge on any atom is 0.247 e. The number of ketones is 2. The van der Waals surface area contributed by atoms with Crippen LogP contribution < -0.4 is 0 Å².